The average molecular weight is 278 g/mol. The molecule has 0 spiro atoms. The first-order valence-corrected chi connectivity index (χ1v) is 6.47. The second kappa shape index (κ2) is 6.79. The molecule has 6 nitrogen and oxygen atoms in total. The number of piperazine rings is 1. The van der Waals surface area contributed by atoms with E-state index in [0.29, 0.717) is 37.7 Å². The molecule has 1 aromatic rings. The fraction of sp³-hybridized carbons (Fsp3) is 0.429. The van der Waals surface area contributed by atoms with Gasteiger partial charge in [-0.3, -0.25) is 9.59 Å². The lowest BCUT2D eigenvalue weighted by Gasteiger charge is -2.32. The standard InChI is InChI=1S/C14H18N2O4/c1-19-12-4-2-3-5-13(12)20-10-14(18)16-8-6-15(11-17)7-9-16/h2-5,11H,6-10H2,1H3. The third-order valence-corrected chi connectivity index (χ3v) is 3.24. The summed E-state index contributed by atoms with van der Waals surface area (Å²) in [5, 5.41) is 0. The topological polar surface area (TPSA) is 59.1 Å². The molecule has 1 fully saturated rings. The van der Waals surface area contributed by atoms with E-state index in [1.807, 2.05) is 12.1 Å². The fourth-order valence-corrected chi connectivity index (χ4v) is 2.05. The number of carbonyl (C=O) groups excluding carboxylic acids is 2. The first kappa shape index (κ1) is 14.2. The number of hydrogen-bond donors (Lipinski definition) is 0. The zero-order chi connectivity index (χ0) is 14.4. The molecule has 0 N–H and O–H groups in total. The van der Waals surface area contributed by atoms with E-state index < -0.39 is 0 Å². The molecule has 0 saturated carbocycles. The summed E-state index contributed by atoms with van der Waals surface area (Å²) >= 11 is 0. The molecule has 1 aliphatic rings. The van der Waals surface area contributed by atoms with E-state index in [0.717, 1.165) is 6.41 Å². The van der Waals surface area contributed by atoms with E-state index in [9.17, 15) is 9.59 Å². The van der Waals surface area contributed by atoms with Gasteiger partial charge in [-0.25, -0.2) is 0 Å². The Morgan fingerprint density at radius 1 is 1.20 bits per heavy atom. The quantitative estimate of drug-likeness (QED) is 0.730. The van der Waals surface area contributed by atoms with Crippen LogP contribution in [0.2, 0.25) is 0 Å². The van der Waals surface area contributed by atoms with Crippen molar-refractivity contribution in [1.29, 1.82) is 0 Å². The van der Waals surface area contributed by atoms with Crippen molar-refractivity contribution in [3.8, 4) is 11.5 Å². The van der Waals surface area contributed by atoms with E-state index in [2.05, 4.69) is 0 Å². The largest absolute Gasteiger partial charge is 0.493 e. The molecule has 0 aliphatic carbocycles. The monoisotopic (exact) mass is 278 g/mol. The molecule has 0 atom stereocenters. The molecule has 1 heterocycles. The van der Waals surface area contributed by atoms with Crippen LogP contribution in [0.15, 0.2) is 24.3 Å². The van der Waals surface area contributed by atoms with Crippen LogP contribution in [0, 0.1) is 0 Å². The van der Waals surface area contributed by atoms with E-state index in [1.54, 1.807) is 29.0 Å². The number of para-hydroxylation sites is 2. The molecule has 0 unspecified atom stereocenters. The summed E-state index contributed by atoms with van der Waals surface area (Å²) in [6, 6.07) is 7.20. The second-order valence-electron chi connectivity index (χ2n) is 4.46. The van der Waals surface area contributed by atoms with Crippen LogP contribution >= 0.6 is 0 Å². The van der Waals surface area contributed by atoms with Gasteiger partial charge in [0.1, 0.15) is 0 Å². The smallest absolute Gasteiger partial charge is 0.260 e. The minimum atomic E-state index is -0.0820. The van der Waals surface area contributed by atoms with Gasteiger partial charge in [-0.1, -0.05) is 12.1 Å². The van der Waals surface area contributed by atoms with Gasteiger partial charge in [-0.05, 0) is 12.1 Å². The van der Waals surface area contributed by atoms with Crippen LogP contribution in [0.25, 0.3) is 0 Å². The zero-order valence-electron chi connectivity index (χ0n) is 11.4. The second-order valence-corrected chi connectivity index (χ2v) is 4.46. The van der Waals surface area contributed by atoms with Crippen molar-refractivity contribution in [3.63, 3.8) is 0 Å². The lowest BCUT2D eigenvalue weighted by atomic mass is 10.3. The van der Waals surface area contributed by atoms with Crippen molar-refractivity contribution in [1.82, 2.24) is 9.80 Å². The number of carbonyl (C=O) groups is 2. The van der Waals surface area contributed by atoms with Gasteiger partial charge >= 0.3 is 0 Å². The van der Waals surface area contributed by atoms with Crippen molar-refractivity contribution in [2.45, 2.75) is 0 Å². The van der Waals surface area contributed by atoms with Crippen LogP contribution in [0.4, 0.5) is 0 Å². The molecule has 0 aromatic heterocycles. The molecule has 1 saturated heterocycles. The molecular weight excluding hydrogens is 260 g/mol. The van der Waals surface area contributed by atoms with Gasteiger partial charge in [0.25, 0.3) is 5.91 Å². The molecule has 0 radical (unpaired) electrons. The summed E-state index contributed by atoms with van der Waals surface area (Å²) in [5.74, 6) is 1.07. The Morgan fingerprint density at radius 3 is 2.45 bits per heavy atom. The Kier molecular flexibility index (Phi) is 4.81. The molecule has 1 aromatic carbocycles. The molecule has 20 heavy (non-hydrogen) atoms. The van der Waals surface area contributed by atoms with Gasteiger partial charge in [0.15, 0.2) is 18.1 Å². The Bertz CT molecular complexity index is 470. The molecule has 1 aliphatic heterocycles. The lowest BCUT2D eigenvalue weighted by Crippen LogP contribution is -2.49. The molecule has 2 rings (SSSR count). The van der Waals surface area contributed by atoms with Crippen molar-refractivity contribution < 1.29 is 19.1 Å². The van der Waals surface area contributed by atoms with Crippen molar-refractivity contribution in [2.24, 2.45) is 0 Å². The van der Waals surface area contributed by atoms with E-state index in [4.69, 9.17) is 9.47 Å². The van der Waals surface area contributed by atoms with Crippen LogP contribution in [-0.4, -0.2) is 62.0 Å². The van der Waals surface area contributed by atoms with Crippen LogP contribution in [0.1, 0.15) is 0 Å². The molecular formula is C14H18N2O4. The number of hydrogen-bond acceptors (Lipinski definition) is 4. The van der Waals surface area contributed by atoms with Crippen molar-refractivity contribution in [2.75, 3.05) is 39.9 Å². The third-order valence-electron chi connectivity index (χ3n) is 3.24. The number of nitrogens with zero attached hydrogens (tertiary/aromatic N) is 2. The molecule has 108 valence electrons. The minimum absolute atomic E-state index is 0.0263. The highest BCUT2D eigenvalue weighted by atomic mass is 16.5. The summed E-state index contributed by atoms with van der Waals surface area (Å²) in [7, 11) is 1.56. The minimum Gasteiger partial charge on any atom is -0.493 e. The van der Waals surface area contributed by atoms with Gasteiger partial charge < -0.3 is 19.3 Å². The number of methoxy groups -OCH3 is 1. The zero-order valence-corrected chi connectivity index (χ0v) is 11.4. The molecule has 2 amide bonds. The first-order valence-electron chi connectivity index (χ1n) is 6.47. The lowest BCUT2D eigenvalue weighted by molar-refractivity contribution is -0.137. The maximum atomic E-state index is 12.0. The van der Waals surface area contributed by atoms with E-state index in [-0.39, 0.29) is 12.5 Å². The molecule has 6 heteroatoms. The Hall–Kier alpha value is -2.24. The van der Waals surface area contributed by atoms with Crippen LogP contribution in [-0.2, 0) is 9.59 Å². The highest BCUT2D eigenvalue weighted by molar-refractivity contribution is 5.78. The predicted molar refractivity (Wildman–Crippen MR) is 72.7 cm³/mol. The number of rotatable bonds is 5. The first-order chi connectivity index (χ1) is 9.74. The molecule has 0 bridgehead atoms. The van der Waals surface area contributed by atoms with Crippen LogP contribution in [0.5, 0.6) is 11.5 Å². The number of ether oxygens (including phenoxy) is 2. The fourth-order valence-electron chi connectivity index (χ4n) is 2.05. The van der Waals surface area contributed by atoms with Crippen LogP contribution < -0.4 is 9.47 Å². The van der Waals surface area contributed by atoms with Gasteiger partial charge in [-0.15, -0.1) is 0 Å². The Balaban J connectivity index is 1.85. The van der Waals surface area contributed by atoms with Crippen molar-refractivity contribution in [3.05, 3.63) is 24.3 Å². The van der Waals surface area contributed by atoms with Gasteiger partial charge in [-0.2, -0.15) is 0 Å². The van der Waals surface area contributed by atoms with E-state index in [1.165, 1.54) is 0 Å². The van der Waals surface area contributed by atoms with Gasteiger partial charge in [0, 0.05) is 26.2 Å². The SMILES string of the molecule is COc1ccccc1OCC(=O)N1CCN(C=O)CC1. The number of amides is 2. The normalized spacial score (nSPS) is 14.8. The Labute approximate surface area is 117 Å². The predicted octanol–water partition coefficient (Wildman–Crippen LogP) is 0.375. The van der Waals surface area contributed by atoms with Crippen LogP contribution in [0.3, 0.4) is 0 Å². The Morgan fingerprint density at radius 2 is 1.85 bits per heavy atom. The summed E-state index contributed by atoms with van der Waals surface area (Å²) in [6.07, 6.45) is 0.813. The summed E-state index contributed by atoms with van der Waals surface area (Å²) in [4.78, 5) is 26.0. The van der Waals surface area contributed by atoms with Gasteiger partial charge in [0.05, 0.1) is 7.11 Å². The third kappa shape index (κ3) is 3.40. The average Bonchev–Trinajstić information content (AvgIpc) is 2.53. The van der Waals surface area contributed by atoms with Gasteiger partial charge in [0.2, 0.25) is 6.41 Å². The van der Waals surface area contributed by atoms with Crippen molar-refractivity contribution >= 4 is 12.3 Å². The highest BCUT2D eigenvalue weighted by Crippen LogP contribution is 2.25. The van der Waals surface area contributed by atoms with E-state index >= 15 is 0 Å². The summed E-state index contributed by atoms with van der Waals surface area (Å²) in [6.45, 7) is 2.22. The highest BCUT2D eigenvalue weighted by Gasteiger charge is 2.20. The maximum Gasteiger partial charge on any atom is 0.260 e. The summed E-state index contributed by atoms with van der Waals surface area (Å²) < 4.78 is 10.7. The maximum absolute atomic E-state index is 12.0. The summed E-state index contributed by atoms with van der Waals surface area (Å²) in [5.41, 5.74) is 0. The number of benzene rings is 1.